The van der Waals surface area contributed by atoms with Crippen LogP contribution in [0.5, 0.6) is 5.75 Å². The molecule has 0 spiro atoms. The molecule has 1 fully saturated rings. The van der Waals surface area contributed by atoms with E-state index in [1.54, 1.807) is 11.3 Å². The van der Waals surface area contributed by atoms with Crippen molar-refractivity contribution >= 4 is 44.1 Å². The van der Waals surface area contributed by atoms with Crippen LogP contribution in [0.4, 0.5) is 5.69 Å². The molecule has 1 saturated heterocycles. The lowest BCUT2D eigenvalue weighted by atomic mass is 10.1. The lowest BCUT2D eigenvalue weighted by molar-refractivity contribution is -0.117. The molecule has 2 aromatic heterocycles. The maximum atomic E-state index is 12.8. The van der Waals surface area contributed by atoms with Gasteiger partial charge in [0.05, 0.1) is 33.0 Å². The Balaban J connectivity index is 1.06. The van der Waals surface area contributed by atoms with Gasteiger partial charge >= 0.3 is 0 Å². The van der Waals surface area contributed by atoms with Crippen molar-refractivity contribution < 1.29 is 14.6 Å². The Bertz CT molecular complexity index is 1370. The molecule has 1 amide bonds. The highest BCUT2D eigenvalue weighted by atomic mass is 32.1. The maximum absolute atomic E-state index is 12.8. The predicted molar refractivity (Wildman–Crippen MR) is 144 cm³/mol. The number of pyridine rings is 1. The fourth-order valence-electron chi connectivity index (χ4n) is 4.59. The number of piperazine rings is 1. The van der Waals surface area contributed by atoms with Gasteiger partial charge in [-0.15, -0.1) is 11.3 Å². The topological polar surface area (TPSA) is 90.8 Å². The number of aliphatic hydroxyl groups is 1. The van der Waals surface area contributed by atoms with Gasteiger partial charge in [0, 0.05) is 49.9 Å². The first-order valence-corrected chi connectivity index (χ1v) is 13.0. The predicted octanol–water partition coefficient (Wildman–Crippen LogP) is 3.46. The van der Waals surface area contributed by atoms with Crippen LogP contribution in [0.2, 0.25) is 0 Å². The molecule has 1 aliphatic rings. The molecule has 8 nitrogen and oxygen atoms in total. The van der Waals surface area contributed by atoms with Gasteiger partial charge in [0.15, 0.2) is 0 Å². The van der Waals surface area contributed by atoms with E-state index in [1.165, 1.54) is 0 Å². The van der Waals surface area contributed by atoms with Crippen LogP contribution in [0, 0.1) is 13.8 Å². The number of ether oxygens (including phenoxy) is 1. The van der Waals surface area contributed by atoms with E-state index in [0.717, 1.165) is 69.4 Å². The number of aliphatic hydroxyl groups excluding tert-OH is 1. The van der Waals surface area contributed by atoms with Gasteiger partial charge in [0.1, 0.15) is 18.5 Å². The fourth-order valence-corrected chi connectivity index (χ4v) is 5.40. The Labute approximate surface area is 214 Å². The van der Waals surface area contributed by atoms with Gasteiger partial charge in [-0.05, 0) is 38.1 Å². The Kier molecular flexibility index (Phi) is 7.43. The highest BCUT2D eigenvalue weighted by Gasteiger charge is 2.21. The molecule has 1 atom stereocenters. The molecular formula is C27H31N5O3S. The van der Waals surface area contributed by atoms with Gasteiger partial charge in [0.2, 0.25) is 5.91 Å². The molecule has 9 heteroatoms. The average Bonchev–Trinajstić information content (AvgIpc) is 3.23. The Morgan fingerprint density at radius 2 is 1.83 bits per heavy atom. The highest BCUT2D eigenvalue weighted by molar-refractivity contribution is 7.18. The number of aromatic nitrogens is 2. The lowest BCUT2D eigenvalue weighted by Crippen LogP contribution is -2.50. The molecule has 0 unspecified atom stereocenters. The molecule has 188 valence electrons. The number of hydrogen-bond donors (Lipinski definition) is 2. The smallest absolute Gasteiger partial charge is 0.238 e. The number of fused-ring (bicyclic) bond motifs is 2. The molecule has 0 aliphatic carbocycles. The minimum absolute atomic E-state index is 0.0279. The number of para-hydroxylation sites is 1. The SMILES string of the molecule is Cc1cc(NC(=O)CN2CCN(C[C@@H](O)COc3ccc4sc(C)nc4c3)CC2)c2ccccc2n1. The summed E-state index contributed by atoms with van der Waals surface area (Å²) in [7, 11) is 0. The lowest BCUT2D eigenvalue weighted by Gasteiger charge is -2.35. The molecule has 0 bridgehead atoms. The molecule has 36 heavy (non-hydrogen) atoms. The van der Waals surface area contributed by atoms with Crippen LogP contribution in [-0.4, -0.2) is 82.8 Å². The number of anilines is 1. The van der Waals surface area contributed by atoms with Crippen LogP contribution >= 0.6 is 11.3 Å². The normalized spacial score (nSPS) is 15.9. The zero-order valence-corrected chi connectivity index (χ0v) is 21.4. The van der Waals surface area contributed by atoms with Gasteiger partial charge in [-0.25, -0.2) is 4.98 Å². The van der Waals surface area contributed by atoms with Gasteiger partial charge in [-0.1, -0.05) is 18.2 Å². The summed E-state index contributed by atoms with van der Waals surface area (Å²) >= 11 is 1.66. The first kappa shape index (κ1) is 24.6. The number of β-amino-alcohol motifs (C(OH)–C–C–N with tert-alkyl or cyclic N) is 1. The van der Waals surface area contributed by atoms with E-state index < -0.39 is 6.10 Å². The standard InChI is InChI=1S/C27H31N5O3S/c1-18-13-24(22-5-3-4-6-23(22)28-18)30-27(34)16-32-11-9-31(10-12-32)15-20(33)17-35-21-7-8-26-25(14-21)29-19(2)36-26/h3-8,13-14,20,33H,9-12,15-17H2,1-2H3,(H,28,30,34)/t20-/m1/s1. The minimum Gasteiger partial charge on any atom is -0.491 e. The zero-order valence-electron chi connectivity index (χ0n) is 20.6. The highest BCUT2D eigenvalue weighted by Crippen LogP contribution is 2.26. The summed E-state index contributed by atoms with van der Waals surface area (Å²) in [5.74, 6) is 0.694. The average molecular weight is 506 g/mol. The third-order valence-electron chi connectivity index (χ3n) is 6.33. The number of carbonyl (C=O) groups is 1. The van der Waals surface area contributed by atoms with Crippen molar-refractivity contribution in [1.82, 2.24) is 19.8 Å². The number of benzene rings is 2. The number of thiazole rings is 1. The van der Waals surface area contributed by atoms with Crippen molar-refractivity contribution in [2.75, 3.05) is 51.2 Å². The van der Waals surface area contributed by atoms with Crippen LogP contribution in [0.25, 0.3) is 21.1 Å². The number of amides is 1. The second-order valence-electron chi connectivity index (χ2n) is 9.28. The maximum Gasteiger partial charge on any atom is 0.238 e. The van der Waals surface area contributed by atoms with E-state index in [9.17, 15) is 9.90 Å². The second-order valence-corrected chi connectivity index (χ2v) is 10.5. The van der Waals surface area contributed by atoms with E-state index in [-0.39, 0.29) is 12.5 Å². The minimum atomic E-state index is -0.587. The quantitative estimate of drug-likeness (QED) is 0.379. The third-order valence-corrected chi connectivity index (χ3v) is 7.28. The molecule has 5 rings (SSSR count). The summed E-state index contributed by atoms with van der Waals surface area (Å²) in [6.45, 7) is 8.18. The van der Waals surface area contributed by atoms with Crippen molar-refractivity contribution in [2.45, 2.75) is 20.0 Å². The van der Waals surface area contributed by atoms with E-state index in [4.69, 9.17) is 4.74 Å². The molecule has 4 aromatic rings. The second kappa shape index (κ2) is 10.9. The first-order chi connectivity index (χ1) is 17.4. The largest absolute Gasteiger partial charge is 0.491 e. The number of rotatable bonds is 8. The third kappa shape index (κ3) is 5.99. The number of nitrogens with zero attached hydrogens (tertiary/aromatic N) is 4. The van der Waals surface area contributed by atoms with E-state index in [2.05, 4.69) is 25.1 Å². The van der Waals surface area contributed by atoms with Crippen molar-refractivity contribution in [3.63, 3.8) is 0 Å². The Morgan fingerprint density at radius 1 is 1.06 bits per heavy atom. The Morgan fingerprint density at radius 3 is 2.67 bits per heavy atom. The van der Waals surface area contributed by atoms with Crippen LogP contribution in [0.1, 0.15) is 10.7 Å². The summed E-state index contributed by atoms with van der Waals surface area (Å²) in [4.78, 5) is 26.1. The molecule has 1 aliphatic heterocycles. The van der Waals surface area contributed by atoms with Crippen LogP contribution in [0.3, 0.4) is 0 Å². The van der Waals surface area contributed by atoms with Gasteiger partial charge < -0.3 is 15.2 Å². The number of carbonyl (C=O) groups excluding carboxylic acids is 1. The summed E-state index contributed by atoms with van der Waals surface area (Å²) in [5, 5.41) is 15.5. The van der Waals surface area contributed by atoms with E-state index >= 15 is 0 Å². The molecule has 2 N–H and O–H groups in total. The van der Waals surface area contributed by atoms with Crippen LogP contribution in [-0.2, 0) is 4.79 Å². The molecule has 2 aromatic carbocycles. The summed E-state index contributed by atoms with van der Waals surface area (Å²) in [5.41, 5.74) is 3.48. The molecular weight excluding hydrogens is 474 g/mol. The summed E-state index contributed by atoms with van der Waals surface area (Å²) in [6.07, 6.45) is -0.587. The van der Waals surface area contributed by atoms with Crippen molar-refractivity contribution in [3.05, 3.63) is 59.2 Å². The van der Waals surface area contributed by atoms with E-state index in [0.29, 0.717) is 13.1 Å². The molecule has 3 heterocycles. The molecule has 0 radical (unpaired) electrons. The monoisotopic (exact) mass is 505 g/mol. The fraction of sp³-hybridized carbons (Fsp3) is 0.370. The van der Waals surface area contributed by atoms with E-state index in [1.807, 2.05) is 62.4 Å². The first-order valence-electron chi connectivity index (χ1n) is 12.2. The number of nitrogens with one attached hydrogen (secondary N) is 1. The van der Waals surface area contributed by atoms with Gasteiger partial charge in [-0.2, -0.15) is 0 Å². The van der Waals surface area contributed by atoms with Gasteiger partial charge in [-0.3, -0.25) is 19.6 Å². The zero-order chi connectivity index (χ0) is 25.1. The number of hydrogen-bond acceptors (Lipinski definition) is 8. The summed E-state index contributed by atoms with van der Waals surface area (Å²) in [6, 6.07) is 15.6. The van der Waals surface area contributed by atoms with Crippen molar-refractivity contribution in [1.29, 1.82) is 0 Å². The summed E-state index contributed by atoms with van der Waals surface area (Å²) < 4.78 is 6.95. The van der Waals surface area contributed by atoms with Crippen molar-refractivity contribution in [3.8, 4) is 5.75 Å². The molecule has 0 saturated carbocycles. The van der Waals surface area contributed by atoms with Crippen LogP contribution < -0.4 is 10.1 Å². The van der Waals surface area contributed by atoms with Gasteiger partial charge in [0.25, 0.3) is 0 Å². The van der Waals surface area contributed by atoms with Crippen LogP contribution in [0.15, 0.2) is 48.5 Å². The van der Waals surface area contributed by atoms with Crippen molar-refractivity contribution in [2.24, 2.45) is 0 Å². The Hall–Kier alpha value is -3.11. The number of aryl methyl sites for hydroxylation is 2.